The summed E-state index contributed by atoms with van der Waals surface area (Å²) in [7, 11) is 0. The average molecular weight is 411 g/mol. The Bertz CT molecular complexity index is 976. The van der Waals surface area contributed by atoms with Gasteiger partial charge in [0, 0.05) is 29.2 Å². The second-order valence-electron chi connectivity index (χ2n) is 7.65. The van der Waals surface area contributed by atoms with Crippen LogP contribution in [0.2, 0.25) is 0 Å². The van der Waals surface area contributed by atoms with Crippen LogP contribution in [0.5, 0.6) is 0 Å². The lowest BCUT2D eigenvalue weighted by molar-refractivity contribution is -0.117. The Morgan fingerprint density at radius 1 is 1.10 bits per heavy atom. The number of anilines is 1. The number of ether oxygens (including phenoxy) is 1. The molecular formula is C21H21N3O4S. The summed E-state index contributed by atoms with van der Waals surface area (Å²) in [5.74, 6) is -0.341. The van der Waals surface area contributed by atoms with Crippen molar-refractivity contribution in [2.24, 2.45) is 0 Å². The summed E-state index contributed by atoms with van der Waals surface area (Å²) < 4.78 is 6.22. The number of carbonyl (C=O) groups excluding carboxylic acids is 3. The van der Waals surface area contributed by atoms with Gasteiger partial charge in [-0.1, -0.05) is 0 Å². The molecule has 1 N–H and O–H groups in total. The van der Waals surface area contributed by atoms with Crippen molar-refractivity contribution in [1.29, 1.82) is 0 Å². The molecule has 150 valence electrons. The smallest absolute Gasteiger partial charge is 0.329 e. The van der Waals surface area contributed by atoms with Crippen molar-refractivity contribution in [1.82, 2.24) is 10.2 Å². The van der Waals surface area contributed by atoms with Gasteiger partial charge < -0.3 is 9.64 Å². The highest BCUT2D eigenvalue weighted by Crippen LogP contribution is 2.44. The van der Waals surface area contributed by atoms with E-state index >= 15 is 0 Å². The minimum Gasteiger partial charge on any atom is -0.369 e. The molecule has 2 aromatic rings. The Balaban J connectivity index is 1.27. The zero-order chi connectivity index (χ0) is 20.0. The van der Waals surface area contributed by atoms with E-state index in [1.54, 1.807) is 35.6 Å². The van der Waals surface area contributed by atoms with Crippen molar-refractivity contribution in [3.8, 4) is 0 Å². The number of hydrogen-bond acceptors (Lipinski definition) is 5. The molecule has 5 rings (SSSR count). The molecule has 0 unspecified atom stereocenters. The molecule has 1 aromatic carbocycles. The highest BCUT2D eigenvalue weighted by Gasteiger charge is 2.42. The maximum atomic E-state index is 13.0. The number of thiophene rings is 1. The van der Waals surface area contributed by atoms with Gasteiger partial charge in [-0.2, -0.15) is 0 Å². The first kappa shape index (κ1) is 18.3. The van der Waals surface area contributed by atoms with Gasteiger partial charge in [-0.3, -0.25) is 19.8 Å². The molecule has 1 aromatic heterocycles. The lowest BCUT2D eigenvalue weighted by Crippen LogP contribution is -2.47. The van der Waals surface area contributed by atoms with Crippen LogP contribution in [0, 0.1) is 0 Å². The Morgan fingerprint density at radius 2 is 1.86 bits per heavy atom. The molecule has 29 heavy (non-hydrogen) atoms. The summed E-state index contributed by atoms with van der Waals surface area (Å²) in [5.41, 5.74) is 2.33. The Labute approximate surface area is 172 Å². The zero-order valence-electron chi connectivity index (χ0n) is 15.8. The normalized spacial score (nSPS) is 20.7. The number of likely N-dealkylation sites (tertiary alicyclic amines) is 1. The number of amides is 4. The number of rotatable bonds is 2. The highest BCUT2D eigenvalue weighted by molar-refractivity contribution is 7.10. The van der Waals surface area contributed by atoms with Gasteiger partial charge in [0.1, 0.15) is 12.1 Å². The van der Waals surface area contributed by atoms with Crippen LogP contribution in [0.1, 0.15) is 33.6 Å². The predicted molar refractivity (Wildman–Crippen MR) is 108 cm³/mol. The molecule has 3 aliphatic rings. The number of carbonyl (C=O) groups is 3. The number of nitrogens with one attached hydrogen (secondary N) is 1. The van der Waals surface area contributed by atoms with Crippen molar-refractivity contribution in [3.05, 3.63) is 51.7 Å². The summed E-state index contributed by atoms with van der Waals surface area (Å²) in [4.78, 5) is 40.7. The third-order valence-corrected chi connectivity index (χ3v) is 7.13. The number of imide groups is 1. The van der Waals surface area contributed by atoms with Crippen LogP contribution < -0.4 is 10.2 Å². The van der Waals surface area contributed by atoms with Crippen LogP contribution in [0.3, 0.4) is 0 Å². The predicted octanol–water partition coefficient (Wildman–Crippen LogP) is 2.51. The lowest BCUT2D eigenvalue weighted by atomic mass is 9.85. The van der Waals surface area contributed by atoms with Crippen LogP contribution >= 0.6 is 11.3 Å². The zero-order valence-corrected chi connectivity index (χ0v) is 16.7. The van der Waals surface area contributed by atoms with E-state index in [-0.39, 0.29) is 24.0 Å². The Kier molecular flexibility index (Phi) is 4.40. The van der Waals surface area contributed by atoms with E-state index in [0.717, 1.165) is 25.9 Å². The molecular weight excluding hydrogens is 390 g/mol. The van der Waals surface area contributed by atoms with E-state index in [9.17, 15) is 14.4 Å². The molecule has 0 bridgehead atoms. The molecule has 2 fully saturated rings. The summed E-state index contributed by atoms with van der Waals surface area (Å²) >= 11 is 1.76. The maximum absolute atomic E-state index is 13.0. The summed E-state index contributed by atoms with van der Waals surface area (Å²) in [6.07, 6.45) is 2.58. The van der Waals surface area contributed by atoms with E-state index in [1.807, 2.05) is 4.90 Å². The van der Waals surface area contributed by atoms with Crippen LogP contribution in [0.4, 0.5) is 10.5 Å². The fraction of sp³-hybridized carbons (Fsp3) is 0.381. The fourth-order valence-electron chi connectivity index (χ4n) is 4.41. The van der Waals surface area contributed by atoms with Crippen LogP contribution in [-0.4, -0.2) is 49.0 Å². The minimum absolute atomic E-state index is 0.00500. The number of fused-ring (bicyclic) bond motifs is 2. The van der Waals surface area contributed by atoms with Crippen molar-refractivity contribution in [3.63, 3.8) is 0 Å². The molecule has 4 amide bonds. The van der Waals surface area contributed by atoms with Gasteiger partial charge in [-0.25, -0.2) is 4.79 Å². The second kappa shape index (κ2) is 6.96. The SMILES string of the molecule is O=C1CN(c2ccc(C(=O)N3CCC4(CC3)OCCc3ccsc34)cc2)C(=O)N1. The third kappa shape index (κ3) is 3.12. The molecule has 7 nitrogen and oxygen atoms in total. The topological polar surface area (TPSA) is 79.0 Å². The minimum atomic E-state index is -0.434. The van der Waals surface area contributed by atoms with Gasteiger partial charge in [0.2, 0.25) is 5.91 Å². The highest BCUT2D eigenvalue weighted by atomic mass is 32.1. The molecule has 4 heterocycles. The third-order valence-electron chi connectivity index (χ3n) is 5.99. The van der Waals surface area contributed by atoms with Gasteiger partial charge in [0.25, 0.3) is 5.91 Å². The van der Waals surface area contributed by atoms with Gasteiger partial charge in [-0.15, -0.1) is 11.3 Å². The molecule has 2 saturated heterocycles. The summed E-state index contributed by atoms with van der Waals surface area (Å²) in [6, 6.07) is 8.60. The first-order valence-corrected chi connectivity index (χ1v) is 10.7. The van der Waals surface area contributed by atoms with Crippen LogP contribution in [-0.2, 0) is 21.6 Å². The van der Waals surface area contributed by atoms with E-state index in [2.05, 4.69) is 16.8 Å². The largest absolute Gasteiger partial charge is 0.369 e. The first-order valence-electron chi connectivity index (χ1n) is 9.77. The summed E-state index contributed by atoms with van der Waals surface area (Å²) in [5, 5.41) is 4.38. The van der Waals surface area contributed by atoms with Gasteiger partial charge >= 0.3 is 6.03 Å². The average Bonchev–Trinajstić information content (AvgIpc) is 3.35. The fourth-order valence-corrected chi connectivity index (χ4v) is 5.58. The Hall–Kier alpha value is -2.71. The molecule has 0 atom stereocenters. The number of nitrogens with zero attached hydrogens (tertiary/aromatic N) is 2. The van der Waals surface area contributed by atoms with Crippen molar-refractivity contribution >= 4 is 34.9 Å². The Morgan fingerprint density at radius 3 is 2.55 bits per heavy atom. The van der Waals surface area contributed by atoms with E-state index in [0.29, 0.717) is 24.3 Å². The van der Waals surface area contributed by atoms with Crippen LogP contribution in [0.15, 0.2) is 35.7 Å². The second-order valence-corrected chi connectivity index (χ2v) is 8.56. The number of benzene rings is 1. The number of piperidine rings is 1. The first-order chi connectivity index (χ1) is 14.1. The maximum Gasteiger partial charge on any atom is 0.329 e. The number of hydrogen-bond donors (Lipinski definition) is 1. The standard InChI is InChI=1S/C21H21N3O4S/c25-17-13-24(20(27)22-17)16-3-1-15(2-4-16)19(26)23-9-7-21(8-10-23)18-14(5-11-28-21)6-12-29-18/h1-4,6,12H,5,7-11,13H2,(H,22,25,27). The monoisotopic (exact) mass is 411 g/mol. The lowest BCUT2D eigenvalue weighted by Gasteiger charge is -2.43. The quantitative estimate of drug-likeness (QED) is 0.771. The van der Waals surface area contributed by atoms with E-state index < -0.39 is 6.03 Å². The van der Waals surface area contributed by atoms with E-state index in [4.69, 9.17) is 4.74 Å². The van der Waals surface area contributed by atoms with Gasteiger partial charge in [0.15, 0.2) is 0 Å². The molecule has 8 heteroatoms. The van der Waals surface area contributed by atoms with Crippen molar-refractivity contribution in [2.45, 2.75) is 24.9 Å². The number of urea groups is 1. The summed E-state index contributed by atoms with van der Waals surface area (Å²) in [6.45, 7) is 2.05. The molecule has 0 aliphatic carbocycles. The molecule has 0 radical (unpaired) electrons. The molecule has 3 aliphatic heterocycles. The van der Waals surface area contributed by atoms with Crippen molar-refractivity contribution in [2.75, 3.05) is 31.1 Å². The van der Waals surface area contributed by atoms with Gasteiger partial charge in [-0.05, 0) is 60.5 Å². The van der Waals surface area contributed by atoms with Crippen LogP contribution in [0.25, 0.3) is 0 Å². The van der Waals surface area contributed by atoms with Crippen molar-refractivity contribution < 1.29 is 19.1 Å². The molecule has 0 saturated carbocycles. The molecule has 1 spiro atoms. The van der Waals surface area contributed by atoms with E-state index in [1.165, 1.54) is 15.3 Å². The van der Waals surface area contributed by atoms with Gasteiger partial charge in [0.05, 0.1) is 6.61 Å².